The van der Waals surface area contributed by atoms with Gasteiger partial charge in [-0.1, -0.05) is 58.9 Å². The first-order valence-electron chi connectivity index (χ1n) is 11.8. The minimum atomic E-state index is -1.71. The molecule has 2 aliphatic rings. The van der Waals surface area contributed by atoms with Crippen molar-refractivity contribution in [2.75, 3.05) is 11.9 Å². The third-order valence-electron chi connectivity index (χ3n) is 6.37. The number of anilines is 1. The highest BCUT2D eigenvalue weighted by Crippen LogP contribution is 2.59. The zero-order chi connectivity index (χ0) is 27.7. The average molecular weight is 603 g/mol. The molecule has 2 saturated heterocycles. The molecular formula is C27H27BrN2O7S. The smallest absolute Gasteiger partial charge is 0.411 e. The number of amides is 2. The molecule has 1 unspecified atom stereocenters. The van der Waals surface area contributed by atoms with E-state index in [1.807, 2.05) is 30.3 Å². The van der Waals surface area contributed by atoms with Crippen molar-refractivity contribution < 1.29 is 33.8 Å². The lowest BCUT2D eigenvalue weighted by molar-refractivity contribution is -0.166. The molecule has 0 bridgehead atoms. The number of nitrogens with one attached hydrogen (secondary N) is 1. The van der Waals surface area contributed by atoms with Gasteiger partial charge in [0.2, 0.25) is 5.91 Å². The Labute approximate surface area is 232 Å². The summed E-state index contributed by atoms with van der Waals surface area (Å²) in [6.45, 7) is 7.26. The second-order valence-corrected chi connectivity index (χ2v) is 12.5. The topological polar surface area (TPSA) is 122 Å². The zero-order valence-corrected chi connectivity index (χ0v) is 23.2. The lowest BCUT2D eigenvalue weighted by Gasteiger charge is -2.51. The van der Waals surface area contributed by atoms with E-state index in [4.69, 9.17) is 9.47 Å². The highest BCUT2D eigenvalue weighted by molar-refractivity contribution is 9.10. The summed E-state index contributed by atoms with van der Waals surface area (Å²) in [4.78, 5) is 52.5. The minimum absolute atomic E-state index is 0.0128. The summed E-state index contributed by atoms with van der Waals surface area (Å²) in [6, 6.07) is 14.2. The van der Waals surface area contributed by atoms with E-state index in [9.17, 15) is 24.3 Å². The van der Waals surface area contributed by atoms with Gasteiger partial charge in [0, 0.05) is 16.0 Å². The third kappa shape index (κ3) is 5.10. The van der Waals surface area contributed by atoms with E-state index in [1.54, 1.807) is 13.8 Å². The predicted octanol–water partition coefficient (Wildman–Crippen LogP) is 3.90. The number of halogens is 1. The zero-order valence-electron chi connectivity index (χ0n) is 20.8. The monoisotopic (exact) mass is 602 g/mol. The number of thioether (sulfide) groups is 1. The average Bonchev–Trinajstić information content (AvgIpc) is 3.19. The first-order valence-corrected chi connectivity index (χ1v) is 13.4. The van der Waals surface area contributed by atoms with Crippen molar-refractivity contribution in [2.45, 2.75) is 47.0 Å². The van der Waals surface area contributed by atoms with Crippen LogP contribution < -0.4 is 5.32 Å². The molecule has 4 atom stereocenters. The Morgan fingerprint density at radius 2 is 1.82 bits per heavy atom. The van der Waals surface area contributed by atoms with Gasteiger partial charge in [-0.3, -0.25) is 14.9 Å². The number of Topliss-reactive ketones (excluding diaryl/α,β-unsaturated/α-hetero) is 1. The summed E-state index contributed by atoms with van der Waals surface area (Å²) in [5.41, 5.74) is 1.38. The Morgan fingerprint density at radius 3 is 2.45 bits per heavy atom. The second-order valence-electron chi connectivity index (χ2n) is 9.41. The van der Waals surface area contributed by atoms with Crippen LogP contribution in [0.1, 0.15) is 29.8 Å². The minimum Gasteiger partial charge on any atom is -0.460 e. The van der Waals surface area contributed by atoms with Crippen LogP contribution in [0.5, 0.6) is 0 Å². The molecule has 2 N–H and O–H groups in total. The van der Waals surface area contributed by atoms with E-state index in [2.05, 4.69) is 27.8 Å². The van der Waals surface area contributed by atoms with Crippen molar-refractivity contribution in [3.05, 3.63) is 78.4 Å². The number of nitrogens with zero attached hydrogens (tertiary/aromatic N) is 1. The van der Waals surface area contributed by atoms with Gasteiger partial charge in [-0.15, -0.1) is 11.8 Å². The number of esters is 1. The number of hydrogen-bond acceptors (Lipinski definition) is 8. The summed E-state index contributed by atoms with van der Waals surface area (Å²) in [6.07, 6.45) is -0.930. The molecule has 2 amide bonds. The van der Waals surface area contributed by atoms with Crippen LogP contribution in [0.4, 0.5) is 10.5 Å². The van der Waals surface area contributed by atoms with Gasteiger partial charge < -0.3 is 19.5 Å². The number of ether oxygens (including phenoxy) is 2. The molecule has 2 aromatic carbocycles. The first kappa shape index (κ1) is 27.9. The van der Waals surface area contributed by atoms with Crippen molar-refractivity contribution in [1.82, 2.24) is 4.90 Å². The van der Waals surface area contributed by atoms with E-state index < -0.39 is 50.3 Å². The maximum Gasteiger partial charge on any atom is 0.411 e. The molecule has 0 aliphatic carbocycles. The SMILES string of the molecule is C=CCOC(=O)[C@@H]1N2C(=O)[C@@](Br)(C(O)C(=O)c3ccc(NC(=O)OCc4ccccc4)cc3)[C@H]2SC1(C)C. The van der Waals surface area contributed by atoms with Crippen molar-refractivity contribution in [1.29, 1.82) is 0 Å². The number of benzene rings is 2. The van der Waals surface area contributed by atoms with Gasteiger partial charge in [0.15, 0.2) is 10.1 Å². The molecule has 2 aromatic rings. The van der Waals surface area contributed by atoms with Crippen molar-refractivity contribution in [3.63, 3.8) is 0 Å². The Bertz CT molecular complexity index is 1250. The van der Waals surface area contributed by atoms with Gasteiger partial charge in [0.25, 0.3) is 0 Å². The lowest BCUT2D eigenvalue weighted by Crippen LogP contribution is -2.75. The first-order chi connectivity index (χ1) is 18.0. The Kier molecular flexibility index (Phi) is 8.01. The van der Waals surface area contributed by atoms with Gasteiger partial charge in [-0.2, -0.15) is 0 Å². The highest BCUT2D eigenvalue weighted by atomic mass is 79.9. The Hall–Kier alpha value is -3.15. The van der Waals surface area contributed by atoms with Crippen LogP contribution in [0.2, 0.25) is 0 Å². The number of rotatable bonds is 9. The van der Waals surface area contributed by atoms with E-state index in [0.717, 1.165) is 5.56 Å². The van der Waals surface area contributed by atoms with E-state index >= 15 is 0 Å². The molecule has 200 valence electrons. The standard InChI is InChI=1S/C27H27BrN2O7S/c1-4-14-36-22(33)20-26(2,3)38-24-27(28,23(34)30(20)24)21(32)19(31)17-10-12-18(13-11-17)29-25(35)37-15-16-8-6-5-7-9-16/h4-13,20-21,24,32H,1,14-15H2,2-3H3,(H,29,35)/t20-,21?,24+,27-/m0/s1. The van der Waals surface area contributed by atoms with Gasteiger partial charge in [-0.05, 0) is 43.7 Å². The normalized spacial score (nSPS) is 24.0. The summed E-state index contributed by atoms with van der Waals surface area (Å²) in [5.74, 6) is -1.82. The molecule has 2 aliphatic heterocycles. The van der Waals surface area contributed by atoms with Crippen LogP contribution in [0.25, 0.3) is 0 Å². The van der Waals surface area contributed by atoms with Crippen LogP contribution in [0, 0.1) is 0 Å². The van der Waals surface area contributed by atoms with Crippen molar-refractivity contribution >= 4 is 57.1 Å². The van der Waals surface area contributed by atoms with Crippen LogP contribution in [0.15, 0.2) is 67.3 Å². The fraction of sp³-hybridized carbons (Fsp3) is 0.333. The van der Waals surface area contributed by atoms with Gasteiger partial charge in [0.1, 0.15) is 30.7 Å². The van der Waals surface area contributed by atoms with Gasteiger partial charge in [0.05, 0.1) is 0 Å². The number of β-lactam (4-membered cyclic amide) rings is 1. The molecule has 2 heterocycles. The molecule has 0 radical (unpaired) electrons. The maximum atomic E-state index is 13.2. The number of hydrogen-bond donors (Lipinski definition) is 2. The molecule has 11 heteroatoms. The number of aliphatic hydroxyl groups is 1. The number of carbonyl (C=O) groups excluding carboxylic acids is 4. The fourth-order valence-electron chi connectivity index (χ4n) is 4.44. The van der Waals surface area contributed by atoms with E-state index in [1.165, 1.54) is 47.0 Å². The van der Waals surface area contributed by atoms with Crippen molar-refractivity contribution in [3.8, 4) is 0 Å². The maximum absolute atomic E-state index is 13.2. The quantitative estimate of drug-likeness (QED) is 0.146. The van der Waals surface area contributed by atoms with Crippen LogP contribution in [0.3, 0.4) is 0 Å². The van der Waals surface area contributed by atoms with E-state index in [0.29, 0.717) is 5.69 Å². The molecule has 2 fully saturated rings. The summed E-state index contributed by atoms with van der Waals surface area (Å²) in [7, 11) is 0. The van der Waals surface area contributed by atoms with Crippen LogP contribution in [-0.4, -0.2) is 67.0 Å². The molecule has 4 rings (SSSR count). The van der Waals surface area contributed by atoms with Crippen LogP contribution in [-0.2, 0) is 25.7 Å². The second kappa shape index (κ2) is 10.9. The number of ketones is 1. The van der Waals surface area contributed by atoms with E-state index in [-0.39, 0.29) is 18.8 Å². The Morgan fingerprint density at radius 1 is 1.16 bits per heavy atom. The van der Waals surface area contributed by atoms with Crippen LogP contribution >= 0.6 is 27.7 Å². The van der Waals surface area contributed by atoms with Crippen molar-refractivity contribution in [2.24, 2.45) is 0 Å². The number of fused-ring (bicyclic) bond motifs is 1. The Balaban J connectivity index is 1.40. The number of aliphatic hydroxyl groups excluding tert-OH is 1. The number of carbonyl (C=O) groups is 4. The third-order valence-corrected chi connectivity index (χ3v) is 9.53. The van der Waals surface area contributed by atoms with Gasteiger partial charge in [-0.25, -0.2) is 9.59 Å². The molecule has 0 saturated carbocycles. The fourth-order valence-corrected chi connectivity index (χ4v) is 7.00. The summed E-state index contributed by atoms with van der Waals surface area (Å²) in [5, 5.41) is 12.9. The molecular weight excluding hydrogens is 576 g/mol. The predicted molar refractivity (Wildman–Crippen MR) is 146 cm³/mol. The highest BCUT2D eigenvalue weighted by Gasteiger charge is 2.74. The molecule has 0 aromatic heterocycles. The summed E-state index contributed by atoms with van der Waals surface area (Å²) < 4.78 is 8.06. The number of alkyl halides is 1. The largest absolute Gasteiger partial charge is 0.460 e. The molecule has 9 nitrogen and oxygen atoms in total. The summed E-state index contributed by atoms with van der Waals surface area (Å²) >= 11 is 4.65. The lowest BCUT2D eigenvalue weighted by atomic mass is 9.84. The molecule has 38 heavy (non-hydrogen) atoms. The molecule has 0 spiro atoms. The van der Waals surface area contributed by atoms with Gasteiger partial charge >= 0.3 is 12.1 Å².